The minimum absolute atomic E-state index is 0.308. The van der Waals surface area contributed by atoms with Crippen LogP contribution in [0.2, 0.25) is 0 Å². The zero-order valence-corrected chi connectivity index (χ0v) is 11.5. The maximum atomic E-state index is 10.7. The number of benzene rings is 1. The Morgan fingerprint density at radius 2 is 2.28 bits per heavy atom. The fraction of sp³-hybridized carbons (Fsp3) is 0.462. The lowest BCUT2D eigenvalue weighted by Crippen LogP contribution is -2.32. The second-order valence-electron chi connectivity index (χ2n) is 4.67. The van der Waals surface area contributed by atoms with E-state index >= 15 is 0 Å². The van der Waals surface area contributed by atoms with Crippen LogP contribution in [-0.2, 0) is 11.2 Å². The number of carboxylic acids is 1. The van der Waals surface area contributed by atoms with Crippen molar-refractivity contribution in [3.8, 4) is 5.75 Å². The smallest absolute Gasteiger partial charge is 0.320 e. The molecule has 1 aromatic carbocycles. The Labute approximate surface area is 114 Å². The average Bonchev–Trinajstić information content (AvgIpc) is 3.13. The van der Waals surface area contributed by atoms with E-state index in [4.69, 9.17) is 15.6 Å². The molecule has 0 heterocycles. The highest BCUT2D eigenvalue weighted by atomic mass is 79.9. The molecule has 4 nitrogen and oxygen atoms in total. The van der Waals surface area contributed by atoms with E-state index in [1.54, 1.807) is 0 Å². The van der Waals surface area contributed by atoms with Crippen LogP contribution in [0.25, 0.3) is 0 Å². The molecule has 0 saturated heterocycles. The molecule has 0 spiro atoms. The molecule has 2 rings (SSSR count). The highest BCUT2D eigenvalue weighted by molar-refractivity contribution is 9.10. The number of carbonyl (C=O) groups is 1. The van der Waals surface area contributed by atoms with Gasteiger partial charge in [-0.25, -0.2) is 0 Å². The molecule has 0 radical (unpaired) electrons. The van der Waals surface area contributed by atoms with E-state index in [1.807, 2.05) is 18.2 Å². The fourth-order valence-electron chi connectivity index (χ4n) is 1.62. The Kier molecular flexibility index (Phi) is 4.24. The molecule has 3 N–H and O–H groups in total. The normalized spacial score (nSPS) is 16.3. The van der Waals surface area contributed by atoms with Gasteiger partial charge < -0.3 is 15.6 Å². The highest BCUT2D eigenvalue weighted by Crippen LogP contribution is 2.32. The summed E-state index contributed by atoms with van der Waals surface area (Å²) in [5.74, 6) is 0.456. The standard InChI is InChI=1S/C13H16BrNO3/c14-10-4-3-9(5-11(15)13(16)17)6-12(10)18-7-8-1-2-8/h3-4,6,8,11H,1-2,5,7,15H2,(H,16,17). The molecule has 0 aliphatic heterocycles. The molecule has 1 aromatic rings. The molecular formula is C13H16BrNO3. The van der Waals surface area contributed by atoms with Crippen LogP contribution in [0.15, 0.2) is 22.7 Å². The molecule has 1 aliphatic carbocycles. The van der Waals surface area contributed by atoms with Gasteiger partial charge in [-0.2, -0.15) is 0 Å². The first-order valence-electron chi connectivity index (χ1n) is 5.96. The summed E-state index contributed by atoms with van der Waals surface area (Å²) >= 11 is 3.42. The van der Waals surface area contributed by atoms with Gasteiger partial charge in [-0.15, -0.1) is 0 Å². The van der Waals surface area contributed by atoms with Crippen molar-refractivity contribution in [3.63, 3.8) is 0 Å². The molecule has 1 aliphatic rings. The third-order valence-electron chi connectivity index (χ3n) is 2.94. The summed E-state index contributed by atoms with van der Waals surface area (Å²) in [6, 6.07) is 4.71. The van der Waals surface area contributed by atoms with Crippen LogP contribution >= 0.6 is 15.9 Å². The van der Waals surface area contributed by atoms with Gasteiger partial charge in [-0.3, -0.25) is 4.79 Å². The first-order chi connectivity index (χ1) is 8.56. The van der Waals surface area contributed by atoms with E-state index < -0.39 is 12.0 Å². The van der Waals surface area contributed by atoms with Gasteiger partial charge in [0.1, 0.15) is 11.8 Å². The summed E-state index contributed by atoms with van der Waals surface area (Å²) in [4.78, 5) is 10.7. The van der Waals surface area contributed by atoms with E-state index in [9.17, 15) is 4.79 Å². The summed E-state index contributed by atoms with van der Waals surface area (Å²) in [6.45, 7) is 0.729. The first-order valence-corrected chi connectivity index (χ1v) is 6.75. The van der Waals surface area contributed by atoms with Gasteiger partial charge in [0.25, 0.3) is 0 Å². The number of nitrogens with two attached hydrogens (primary N) is 1. The molecule has 0 aromatic heterocycles. The molecule has 5 heteroatoms. The molecule has 1 saturated carbocycles. The number of hydrogen-bond donors (Lipinski definition) is 2. The Hall–Kier alpha value is -1.07. The predicted octanol–water partition coefficient (Wildman–Crippen LogP) is 2.19. The number of carboxylic acid groups (broad SMARTS) is 1. The second-order valence-corrected chi connectivity index (χ2v) is 5.52. The topological polar surface area (TPSA) is 72.5 Å². The molecule has 0 amide bonds. The Bertz CT molecular complexity index is 446. The van der Waals surface area contributed by atoms with Crippen LogP contribution in [-0.4, -0.2) is 23.7 Å². The lowest BCUT2D eigenvalue weighted by atomic mass is 10.1. The van der Waals surface area contributed by atoms with Crippen molar-refractivity contribution in [2.24, 2.45) is 11.7 Å². The van der Waals surface area contributed by atoms with E-state index in [1.165, 1.54) is 12.8 Å². The van der Waals surface area contributed by atoms with Crippen molar-refractivity contribution in [3.05, 3.63) is 28.2 Å². The number of rotatable bonds is 6. The van der Waals surface area contributed by atoms with Crippen molar-refractivity contribution in [2.45, 2.75) is 25.3 Å². The molecule has 18 heavy (non-hydrogen) atoms. The number of aliphatic carboxylic acids is 1. The lowest BCUT2D eigenvalue weighted by Gasteiger charge is -2.11. The van der Waals surface area contributed by atoms with Gasteiger partial charge in [0.2, 0.25) is 0 Å². The van der Waals surface area contributed by atoms with Crippen molar-refractivity contribution in [2.75, 3.05) is 6.61 Å². The van der Waals surface area contributed by atoms with Gasteiger partial charge in [0.15, 0.2) is 0 Å². The highest BCUT2D eigenvalue weighted by Gasteiger charge is 2.22. The van der Waals surface area contributed by atoms with Crippen LogP contribution in [0, 0.1) is 5.92 Å². The van der Waals surface area contributed by atoms with Gasteiger partial charge >= 0.3 is 5.97 Å². The van der Waals surface area contributed by atoms with Crippen LogP contribution < -0.4 is 10.5 Å². The molecule has 0 bridgehead atoms. The zero-order chi connectivity index (χ0) is 13.1. The second kappa shape index (κ2) is 5.71. The summed E-state index contributed by atoms with van der Waals surface area (Å²) in [7, 11) is 0. The number of halogens is 1. The van der Waals surface area contributed by atoms with E-state index in [-0.39, 0.29) is 0 Å². The summed E-state index contributed by atoms with van der Waals surface area (Å²) < 4.78 is 6.59. The largest absolute Gasteiger partial charge is 0.492 e. The molecule has 1 unspecified atom stereocenters. The first kappa shape index (κ1) is 13.4. The van der Waals surface area contributed by atoms with E-state index in [0.29, 0.717) is 12.3 Å². The van der Waals surface area contributed by atoms with E-state index in [0.717, 1.165) is 22.4 Å². The third-order valence-corrected chi connectivity index (χ3v) is 3.60. The summed E-state index contributed by atoms with van der Waals surface area (Å²) in [5.41, 5.74) is 6.39. The minimum atomic E-state index is -0.988. The molecule has 1 atom stereocenters. The molecular weight excluding hydrogens is 298 g/mol. The van der Waals surface area contributed by atoms with Crippen molar-refractivity contribution < 1.29 is 14.6 Å². The van der Waals surface area contributed by atoms with Crippen LogP contribution in [0.3, 0.4) is 0 Å². The molecule has 98 valence electrons. The maximum absolute atomic E-state index is 10.7. The van der Waals surface area contributed by atoms with Gasteiger partial charge in [0.05, 0.1) is 11.1 Å². The number of hydrogen-bond acceptors (Lipinski definition) is 3. The maximum Gasteiger partial charge on any atom is 0.320 e. The van der Waals surface area contributed by atoms with Crippen LogP contribution in [0.4, 0.5) is 0 Å². The van der Waals surface area contributed by atoms with Gasteiger partial charge in [-0.1, -0.05) is 6.07 Å². The van der Waals surface area contributed by atoms with Crippen molar-refractivity contribution >= 4 is 21.9 Å². The minimum Gasteiger partial charge on any atom is -0.492 e. The third kappa shape index (κ3) is 3.71. The summed E-state index contributed by atoms with van der Waals surface area (Å²) in [5, 5.41) is 8.79. The lowest BCUT2D eigenvalue weighted by molar-refractivity contribution is -0.138. The number of ether oxygens (including phenoxy) is 1. The van der Waals surface area contributed by atoms with Crippen molar-refractivity contribution in [1.82, 2.24) is 0 Å². The van der Waals surface area contributed by atoms with Crippen LogP contribution in [0.5, 0.6) is 5.75 Å². The van der Waals surface area contributed by atoms with Gasteiger partial charge in [-0.05, 0) is 58.8 Å². The SMILES string of the molecule is NC(Cc1ccc(Br)c(OCC2CC2)c1)C(=O)O. The van der Waals surface area contributed by atoms with Crippen molar-refractivity contribution in [1.29, 1.82) is 0 Å². The van der Waals surface area contributed by atoms with Crippen LogP contribution in [0.1, 0.15) is 18.4 Å². The quantitative estimate of drug-likeness (QED) is 0.844. The Morgan fingerprint density at radius 1 is 1.56 bits per heavy atom. The fourth-order valence-corrected chi connectivity index (χ4v) is 1.98. The monoisotopic (exact) mass is 313 g/mol. The average molecular weight is 314 g/mol. The Balaban J connectivity index is 2.02. The van der Waals surface area contributed by atoms with E-state index in [2.05, 4.69) is 15.9 Å². The Morgan fingerprint density at radius 3 is 2.89 bits per heavy atom. The summed E-state index contributed by atoms with van der Waals surface area (Å²) in [6.07, 6.45) is 2.78. The predicted molar refractivity (Wildman–Crippen MR) is 71.7 cm³/mol. The molecule has 1 fully saturated rings. The van der Waals surface area contributed by atoms with Gasteiger partial charge in [0, 0.05) is 0 Å². The zero-order valence-electron chi connectivity index (χ0n) is 9.93.